The molecule has 0 radical (unpaired) electrons. The van der Waals surface area contributed by atoms with Crippen molar-refractivity contribution in [3.63, 3.8) is 0 Å². The van der Waals surface area contributed by atoms with Crippen molar-refractivity contribution in [3.05, 3.63) is 0 Å². The molecule has 13 heavy (non-hydrogen) atoms. The maximum atomic E-state index is 11.0. The molecular weight excluding hydrogens is 212 g/mol. The third kappa shape index (κ3) is 9.57. The summed E-state index contributed by atoms with van der Waals surface area (Å²) in [6.45, 7) is 7.07. The van der Waals surface area contributed by atoms with Crippen molar-refractivity contribution in [3.8, 4) is 0 Å². The predicted molar refractivity (Wildman–Crippen MR) is 45.8 cm³/mol. The molecule has 0 atom stereocenters. The van der Waals surface area contributed by atoms with Crippen LogP contribution in [0, 0.1) is 0 Å². The zero-order valence-electron chi connectivity index (χ0n) is 8.49. The Morgan fingerprint density at radius 3 is 2.00 bits per heavy atom. The smallest absolute Gasteiger partial charge is 0.313 e. The van der Waals surface area contributed by atoms with Crippen LogP contribution < -0.4 is 0 Å². The molecule has 0 rings (SSSR count). The van der Waals surface area contributed by atoms with Crippen LogP contribution in [0.5, 0.6) is 0 Å². The van der Waals surface area contributed by atoms with E-state index in [0.717, 1.165) is 0 Å². The number of ether oxygens (including phenoxy) is 1. The first-order chi connectivity index (χ1) is 5.35. The molecule has 0 unspecified atom stereocenters. The van der Waals surface area contributed by atoms with Gasteiger partial charge >= 0.3 is 5.97 Å². The summed E-state index contributed by atoms with van der Waals surface area (Å²) in [5, 5.41) is 0. The average Bonchev–Trinajstić information content (AvgIpc) is 1.82. The monoisotopic (exact) mass is 228 g/mol. The summed E-state index contributed by atoms with van der Waals surface area (Å²) >= 11 is 0. The number of hydrogen-bond acceptors (Lipinski definition) is 3. The van der Waals surface area contributed by atoms with Gasteiger partial charge in [0, 0.05) is 23.5 Å². The molecule has 0 amide bonds. The Kier molecular flexibility index (Phi) is 7.18. The van der Waals surface area contributed by atoms with Crippen LogP contribution in [0.1, 0.15) is 40.5 Å². The van der Waals surface area contributed by atoms with Gasteiger partial charge in [0.05, 0.1) is 0 Å². The third-order valence-corrected chi connectivity index (χ3v) is 1.16. The molecule has 0 aliphatic heterocycles. The summed E-state index contributed by atoms with van der Waals surface area (Å²) < 4.78 is 4.95. The number of esters is 1. The van der Waals surface area contributed by atoms with E-state index >= 15 is 0 Å². The molecule has 0 aromatic carbocycles. The number of ketones is 1. The first-order valence-corrected chi connectivity index (χ1v) is 4.08. The molecule has 0 aliphatic carbocycles. The predicted octanol–water partition coefficient (Wildman–Crippen LogP) is 1.69. The van der Waals surface area contributed by atoms with Gasteiger partial charge in [-0.25, -0.2) is 0 Å². The summed E-state index contributed by atoms with van der Waals surface area (Å²) in [5.41, 5.74) is -0.495. The molecule has 0 saturated carbocycles. The SMILES string of the molecule is CCC(=O)CC(=O)OC(C)(C)C.[Fe]. The molecule has 0 aromatic heterocycles. The van der Waals surface area contributed by atoms with Crippen LogP contribution in [0.4, 0.5) is 0 Å². The maximum Gasteiger partial charge on any atom is 0.313 e. The Morgan fingerprint density at radius 1 is 1.23 bits per heavy atom. The van der Waals surface area contributed by atoms with Crippen molar-refractivity contribution in [2.75, 3.05) is 0 Å². The van der Waals surface area contributed by atoms with Crippen molar-refractivity contribution in [2.45, 2.75) is 46.1 Å². The first kappa shape index (κ1) is 15.1. The van der Waals surface area contributed by atoms with Crippen LogP contribution in [-0.4, -0.2) is 17.4 Å². The van der Waals surface area contributed by atoms with E-state index in [2.05, 4.69) is 0 Å². The third-order valence-electron chi connectivity index (χ3n) is 1.16. The summed E-state index contributed by atoms with van der Waals surface area (Å²) in [6, 6.07) is 0. The summed E-state index contributed by atoms with van der Waals surface area (Å²) in [7, 11) is 0. The first-order valence-electron chi connectivity index (χ1n) is 4.08. The van der Waals surface area contributed by atoms with E-state index < -0.39 is 11.6 Å². The van der Waals surface area contributed by atoms with Crippen LogP contribution >= 0.6 is 0 Å². The van der Waals surface area contributed by atoms with E-state index in [1.807, 2.05) is 0 Å². The van der Waals surface area contributed by atoms with Crippen molar-refractivity contribution in [1.82, 2.24) is 0 Å². The van der Waals surface area contributed by atoms with Crippen molar-refractivity contribution in [2.24, 2.45) is 0 Å². The second kappa shape index (κ2) is 6.16. The molecule has 78 valence electrons. The molecule has 4 heteroatoms. The molecule has 0 aromatic rings. The van der Waals surface area contributed by atoms with E-state index in [4.69, 9.17) is 4.74 Å². The number of carbonyl (C=O) groups is 2. The molecule has 3 nitrogen and oxygen atoms in total. The average molecular weight is 228 g/mol. The van der Waals surface area contributed by atoms with Gasteiger partial charge in [-0.1, -0.05) is 6.92 Å². The molecule has 0 spiro atoms. The Balaban J connectivity index is 0. The summed E-state index contributed by atoms with van der Waals surface area (Å²) in [4.78, 5) is 21.8. The second-order valence-corrected chi connectivity index (χ2v) is 3.66. The Hall–Kier alpha value is -0.341. The van der Waals surface area contributed by atoms with Gasteiger partial charge in [0.25, 0.3) is 0 Å². The van der Waals surface area contributed by atoms with Gasteiger partial charge in [-0.05, 0) is 20.8 Å². The van der Waals surface area contributed by atoms with E-state index in [0.29, 0.717) is 6.42 Å². The minimum atomic E-state index is -0.495. The van der Waals surface area contributed by atoms with Gasteiger partial charge < -0.3 is 4.74 Å². The Morgan fingerprint density at radius 2 is 1.69 bits per heavy atom. The van der Waals surface area contributed by atoms with Crippen molar-refractivity contribution >= 4 is 11.8 Å². The van der Waals surface area contributed by atoms with Crippen LogP contribution in [0.2, 0.25) is 0 Å². The quantitative estimate of drug-likeness (QED) is 0.419. The van der Waals surface area contributed by atoms with E-state index in [9.17, 15) is 9.59 Å². The van der Waals surface area contributed by atoms with Gasteiger partial charge in [-0.2, -0.15) is 0 Å². The van der Waals surface area contributed by atoms with E-state index in [-0.39, 0.29) is 29.3 Å². The number of carbonyl (C=O) groups excluding carboxylic acids is 2. The standard InChI is InChI=1S/C9H16O3.Fe/c1-5-7(10)6-8(11)12-9(2,3)4;/h5-6H2,1-4H3;. The molecule has 0 bridgehead atoms. The zero-order chi connectivity index (χ0) is 9.78. The Bertz CT molecular complexity index is 182. The van der Waals surface area contributed by atoms with Crippen molar-refractivity contribution in [1.29, 1.82) is 0 Å². The van der Waals surface area contributed by atoms with E-state index in [1.165, 1.54) is 0 Å². The number of rotatable bonds is 3. The number of Topliss-reactive ketones (excluding diaryl/α,β-unsaturated/α-hetero) is 1. The number of hydrogen-bond donors (Lipinski definition) is 0. The minimum Gasteiger partial charge on any atom is -0.460 e. The summed E-state index contributed by atoms with van der Waals surface area (Å²) in [6.07, 6.45) is 0.285. The van der Waals surface area contributed by atoms with E-state index in [1.54, 1.807) is 27.7 Å². The molecule has 0 N–H and O–H groups in total. The fraction of sp³-hybridized carbons (Fsp3) is 0.778. The maximum absolute atomic E-state index is 11.0. The summed E-state index contributed by atoms with van der Waals surface area (Å²) in [5.74, 6) is -0.515. The fourth-order valence-corrected chi connectivity index (χ4v) is 0.664. The van der Waals surface area contributed by atoms with Gasteiger partial charge in [0.1, 0.15) is 17.8 Å². The fourth-order valence-electron chi connectivity index (χ4n) is 0.664. The normalized spacial score (nSPS) is 10.2. The van der Waals surface area contributed by atoms with Crippen LogP contribution in [-0.2, 0) is 31.4 Å². The molecule has 0 fully saturated rings. The molecule has 0 heterocycles. The minimum absolute atomic E-state index is 0. The van der Waals surface area contributed by atoms with Gasteiger partial charge in [-0.3, -0.25) is 9.59 Å². The van der Waals surface area contributed by atoms with Gasteiger partial charge in [0.15, 0.2) is 0 Å². The largest absolute Gasteiger partial charge is 0.460 e. The van der Waals surface area contributed by atoms with Gasteiger partial charge in [0.2, 0.25) is 0 Å². The van der Waals surface area contributed by atoms with Crippen LogP contribution in [0.15, 0.2) is 0 Å². The molecular formula is C9H16FeO3. The second-order valence-electron chi connectivity index (χ2n) is 3.66. The van der Waals surface area contributed by atoms with Crippen LogP contribution in [0.25, 0.3) is 0 Å². The zero-order valence-corrected chi connectivity index (χ0v) is 9.60. The molecule has 0 saturated heterocycles. The van der Waals surface area contributed by atoms with Gasteiger partial charge in [-0.15, -0.1) is 0 Å². The Labute approximate surface area is 89.7 Å². The van der Waals surface area contributed by atoms with Crippen molar-refractivity contribution < 1.29 is 31.4 Å². The molecule has 0 aliphatic rings. The van der Waals surface area contributed by atoms with Crippen LogP contribution in [0.3, 0.4) is 0 Å². The topological polar surface area (TPSA) is 43.4 Å².